The fourth-order valence-corrected chi connectivity index (χ4v) is 1.85. The molecule has 4 heteroatoms. The molecule has 0 aliphatic heterocycles. The highest BCUT2D eigenvalue weighted by Gasteiger charge is 2.10. The van der Waals surface area contributed by atoms with Gasteiger partial charge in [-0.2, -0.15) is 0 Å². The van der Waals surface area contributed by atoms with Gasteiger partial charge in [-0.05, 0) is 19.1 Å². The number of thiazole rings is 1. The number of aromatic nitrogens is 1. The number of furan rings is 1. The lowest BCUT2D eigenvalue weighted by Crippen LogP contribution is -1.78. The number of aryl methyl sites for hydroxylation is 1. The van der Waals surface area contributed by atoms with Crippen LogP contribution in [0.25, 0.3) is 11.5 Å². The van der Waals surface area contributed by atoms with Crippen LogP contribution in [0, 0.1) is 6.92 Å². The molecule has 0 atom stereocenters. The smallest absolute Gasteiger partial charge is 0.178 e. The second-order valence-corrected chi connectivity index (χ2v) is 3.79. The molecule has 0 unspecified atom stereocenters. The molecule has 0 amide bonds. The van der Waals surface area contributed by atoms with Gasteiger partial charge in [0.25, 0.3) is 0 Å². The van der Waals surface area contributed by atoms with Gasteiger partial charge >= 0.3 is 0 Å². The summed E-state index contributed by atoms with van der Waals surface area (Å²) in [5, 5.41) is 0.490. The van der Waals surface area contributed by atoms with E-state index in [0.717, 1.165) is 16.9 Å². The molecule has 13 heavy (non-hydrogen) atoms. The molecule has 0 saturated heterocycles. The molecule has 0 aliphatic rings. The van der Waals surface area contributed by atoms with Crippen molar-refractivity contribution in [2.24, 2.45) is 0 Å². The molecular formula is C9H7NO2S. The fraction of sp³-hybridized carbons (Fsp3) is 0.111. The van der Waals surface area contributed by atoms with Crippen LogP contribution in [-0.4, -0.2) is 11.3 Å². The van der Waals surface area contributed by atoms with Crippen molar-refractivity contribution in [2.45, 2.75) is 6.92 Å². The van der Waals surface area contributed by atoms with E-state index in [1.54, 1.807) is 12.3 Å². The molecule has 66 valence electrons. The van der Waals surface area contributed by atoms with Gasteiger partial charge in [0.1, 0.15) is 5.69 Å². The van der Waals surface area contributed by atoms with Crippen LogP contribution in [0.2, 0.25) is 0 Å². The molecule has 2 heterocycles. The number of carbonyl (C=O) groups is 1. The number of aldehydes is 1. The largest absolute Gasteiger partial charge is 0.463 e. The molecule has 0 radical (unpaired) electrons. The summed E-state index contributed by atoms with van der Waals surface area (Å²) in [6, 6.07) is 3.63. The third kappa shape index (κ3) is 1.40. The Hall–Kier alpha value is -1.42. The molecule has 0 saturated carbocycles. The van der Waals surface area contributed by atoms with Gasteiger partial charge < -0.3 is 4.42 Å². The molecule has 0 bridgehead atoms. The maximum absolute atomic E-state index is 10.5. The van der Waals surface area contributed by atoms with E-state index in [-0.39, 0.29) is 0 Å². The van der Waals surface area contributed by atoms with Gasteiger partial charge in [0, 0.05) is 4.88 Å². The van der Waals surface area contributed by atoms with Gasteiger partial charge in [-0.1, -0.05) is 0 Å². The third-order valence-corrected chi connectivity index (χ3v) is 2.56. The Labute approximate surface area is 79.0 Å². The van der Waals surface area contributed by atoms with Crippen LogP contribution < -0.4 is 0 Å². The molecule has 3 nitrogen and oxygen atoms in total. The highest BCUT2D eigenvalue weighted by atomic mass is 32.1. The summed E-state index contributed by atoms with van der Waals surface area (Å²) in [7, 11) is 0. The number of hydrogen-bond donors (Lipinski definition) is 0. The van der Waals surface area contributed by atoms with Crippen LogP contribution in [0.4, 0.5) is 0 Å². The van der Waals surface area contributed by atoms with E-state index in [2.05, 4.69) is 4.98 Å². The Morgan fingerprint density at radius 2 is 2.46 bits per heavy atom. The lowest BCUT2D eigenvalue weighted by Gasteiger charge is -1.89. The van der Waals surface area contributed by atoms with E-state index in [0.29, 0.717) is 10.8 Å². The van der Waals surface area contributed by atoms with Gasteiger partial charge in [-0.15, -0.1) is 11.3 Å². The van der Waals surface area contributed by atoms with Crippen LogP contribution in [-0.2, 0) is 0 Å². The maximum atomic E-state index is 10.5. The van der Waals surface area contributed by atoms with E-state index in [1.165, 1.54) is 11.3 Å². The van der Waals surface area contributed by atoms with Crippen molar-refractivity contribution in [3.05, 3.63) is 28.3 Å². The minimum atomic E-state index is 0.490. The second-order valence-electron chi connectivity index (χ2n) is 2.55. The van der Waals surface area contributed by atoms with E-state index < -0.39 is 0 Å². The van der Waals surface area contributed by atoms with Crippen LogP contribution in [0.1, 0.15) is 14.7 Å². The number of nitrogens with zero attached hydrogens (tertiary/aromatic N) is 1. The monoisotopic (exact) mass is 193 g/mol. The zero-order valence-corrected chi connectivity index (χ0v) is 7.80. The zero-order chi connectivity index (χ0) is 9.26. The summed E-state index contributed by atoms with van der Waals surface area (Å²) >= 11 is 1.37. The second kappa shape index (κ2) is 3.14. The first-order chi connectivity index (χ1) is 6.31. The standard InChI is InChI=1S/C9H7NO2S/c1-6-9(7-3-2-4-12-7)10-8(5-11)13-6/h2-5H,1H3. The van der Waals surface area contributed by atoms with Crippen molar-refractivity contribution in [2.75, 3.05) is 0 Å². The van der Waals surface area contributed by atoms with Crippen LogP contribution in [0.3, 0.4) is 0 Å². The van der Waals surface area contributed by atoms with Crippen molar-refractivity contribution >= 4 is 17.6 Å². The predicted molar refractivity (Wildman–Crippen MR) is 49.9 cm³/mol. The van der Waals surface area contributed by atoms with Gasteiger partial charge in [-0.3, -0.25) is 4.79 Å². The number of rotatable bonds is 2. The Balaban J connectivity index is 2.52. The molecule has 0 N–H and O–H groups in total. The molecular weight excluding hydrogens is 186 g/mol. The summed E-state index contributed by atoms with van der Waals surface area (Å²) in [6.45, 7) is 1.92. The average molecular weight is 193 g/mol. The Morgan fingerprint density at radius 1 is 1.62 bits per heavy atom. The number of hydrogen-bond acceptors (Lipinski definition) is 4. The molecule has 0 aromatic carbocycles. The minimum Gasteiger partial charge on any atom is -0.463 e. The predicted octanol–water partition coefficient (Wildman–Crippen LogP) is 2.52. The first kappa shape index (κ1) is 8.19. The van der Waals surface area contributed by atoms with Crippen molar-refractivity contribution in [1.29, 1.82) is 0 Å². The Kier molecular flexibility index (Phi) is 1.98. The number of carbonyl (C=O) groups excluding carboxylic acids is 1. The lowest BCUT2D eigenvalue weighted by atomic mass is 10.3. The minimum absolute atomic E-state index is 0.490. The quantitative estimate of drug-likeness (QED) is 0.688. The van der Waals surface area contributed by atoms with Crippen LogP contribution in [0.15, 0.2) is 22.8 Å². The van der Waals surface area contributed by atoms with Gasteiger partial charge in [-0.25, -0.2) is 4.98 Å². The van der Waals surface area contributed by atoms with Gasteiger partial charge in [0.05, 0.1) is 6.26 Å². The van der Waals surface area contributed by atoms with Crippen LogP contribution >= 0.6 is 11.3 Å². The topological polar surface area (TPSA) is 43.1 Å². The molecule has 0 aliphatic carbocycles. The zero-order valence-electron chi connectivity index (χ0n) is 6.98. The first-order valence-corrected chi connectivity index (χ1v) is 4.59. The van der Waals surface area contributed by atoms with Crippen molar-refractivity contribution < 1.29 is 9.21 Å². The van der Waals surface area contributed by atoms with Crippen LogP contribution in [0.5, 0.6) is 0 Å². The van der Waals surface area contributed by atoms with Crippen molar-refractivity contribution in [3.63, 3.8) is 0 Å². The molecule has 0 spiro atoms. The summed E-state index contributed by atoms with van der Waals surface area (Å²) in [5.41, 5.74) is 0.761. The highest BCUT2D eigenvalue weighted by molar-refractivity contribution is 7.13. The third-order valence-electron chi connectivity index (χ3n) is 1.67. The Morgan fingerprint density at radius 3 is 3.00 bits per heavy atom. The SMILES string of the molecule is Cc1sc(C=O)nc1-c1ccco1. The lowest BCUT2D eigenvalue weighted by molar-refractivity contribution is 0.112. The normalized spacial score (nSPS) is 10.2. The molecule has 2 aromatic heterocycles. The first-order valence-electron chi connectivity index (χ1n) is 3.78. The molecule has 2 rings (SSSR count). The molecule has 2 aromatic rings. The van der Waals surface area contributed by atoms with E-state index in [9.17, 15) is 4.79 Å². The highest BCUT2D eigenvalue weighted by Crippen LogP contribution is 2.26. The van der Waals surface area contributed by atoms with E-state index >= 15 is 0 Å². The van der Waals surface area contributed by atoms with Crippen molar-refractivity contribution in [1.82, 2.24) is 4.98 Å². The van der Waals surface area contributed by atoms with E-state index in [4.69, 9.17) is 4.42 Å². The maximum Gasteiger partial charge on any atom is 0.178 e. The average Bonchev–Trinajstić information content (AvgIpc) is 2.72. The summed E-state index contributed by atoms with van der Waals surface area (Å²) in [5.74, 6) is 0.710. The summed E-state index contributed by atoms with van der Waals surface area (Å²) in [6.07, 6.45) is 2.35. The fourth-order valence-electron chi connectivity index (χ4n) is 1.11. The summed E-state index contributed by atoms with van der Waals surface area (Å²) in [4.78, 5) is 15.6. The van der Waals surface area contributed by atoms with E-state index in [1.807, 2.05) is 13.0 Å². The van der Waals surface area contributed by atoms with Gasteiger partial charge in [0.15, 0.2) is 17.1 Å². The van der Waals surface area contributed by atoms with Gasteiger partial charge in [0.2, 0.25) is 0 Å². The van der Waals surface area contributed by atoms with Crippen molar-refractivity contribution in [3.8, 4) is 11.5 Å². The molecule has 0 fully saturated rings. The Bertz CT molecular complexity index is 417. The summed E-state index contributed by atoms with van der Waals surface area (Å²) < 4.78 is 5.19.